The monoisotopic (exact) mass is 467 g/mol. The fraction of sp³-hybridized carbons (Fsp3) is 0.875. The number of aromatic nitrogens is 2. The van der Waals surface area contributed by atoms with Crippen LogP contribution in [0.4, 0.5) is 0 Å². The quantitative estimate of drug-likeness (QED) is 0.404. The zero-order valence-corrected chi connectivity index (χ0v) is 22.5. The summed E-state index contributed by atoms with van der Waals surface area (Å²) in [7, 11) is -2.39. The lowest BCUT2D eigenvalue weighted by molar-refractivity contribution is -0.139. The smallest absolute Gasteiger partial charge is 0.415 e. The standard InChI is InChI=1S/C24H45N3O4Si/c1-17(2)29-22-27-26-21(30-22)24(20(25)28,31-32(7,8)23(4,5)6)15-14-18(3)16-19-12-10-9-11-13-19/h17-19H,9-16H2,1-8H3,(H2,25,28). The molecule has 2 unspecified atom stereocenters. The zero-order valence-electron chi connectivity index (χ0n) is 21.5. The molecule has 7 nitrogen and oxygen atoms in total. The summed E-state index contributed by atoms with van der Waals surface area (Å²) in [4.78, 5) is 13.0. The predicted molar refractivity (Wildman–Crippen MR) is 129 cm³/mol. The SMILES string of the molecule is CC(CCC(O[Si](C)(C)C(C)(C)C)(C(N)=O)c1nnc(OC(C)C)o1)CC1CCCCC1. The molecule has 2 rings (SSSR count). The van der Waals surface area contributed by atoms with Gasteiger partial charge in [-0.15, -0.1) is 5.10 Å². The van der Waals surface area contributed by atoms with Crippen molar-refractivity contribution in [1.82, 2.24) is 10.2 Å². The first-order chi connectivity index (χ1) is 14.8. The molecule has 2 atom stereocenters. The lowest BCUT2D eigenvalue weighted by atomic mass is 9.81. The molecule has 8 heteroatoms. The van der Waals surface area contributed by atoms with E-state index in [0.717, 1.165) is 12.3 Å². The highest BCUT2D eigenvalue weighted by Crippen LogP contribution is 2.44. The van der Waals surface area contributed by atoms with Crippen LogP contribution in [0.15, 0.2) is 4.42 Å². The number of hydrogen-bond donors (Lipinski definition) is 1. The molecule has 1 aliphatic carbocycles. The molecule has 1 amide bonds. The van der Waals surface area contributed by atoms with E-state index in [1.807, 2.05) is 13.8 Å². The lowest BCUT2D eigenvalue weighted by Gasteiger charge is -2.43. The van der Waals surface area contributed by atoms with E-state index >= 15 is 0 Å². The number of rotatable bonds is 11. The van der Waals surface area contributed by atoms with E-state index in [9.17, 15) is 4.79 Å². The Balaban J connectivity index is 2.31. The van der Waals surface area contributed by atoms with E-state index < -0.39 is 19.8 Å². The van der Waals surface area contributed by atoms with Gasteiger partial charge >= 0.3 is 6.08 Å². The molecule has 0 radical (unpaired) electrons. The second-order valence-electron chi connectivity index (χ2n) is 11.5. The summed E-state index contributed by atoms with van der Waals surface area (Å²) >= 11 is 0. The van der Waals surface area contributed by atoms with Gasteiger partial charge in [-0.1, -0.05) is 64.9 Å². The summed E-state index contributed by atoms with van der Waals surface area (Å²) in [5.74, 6) is 0.758. The Morgan fingerprint density at radius 3 is 2.31 bits per heavy atom. The summed E-state index contributed by atoms with van der Waals surface area (Å²) < 4.78 is 18.1. The number of amides is 1. The van der Waals surface area contributed by atoms with E-state index in [1.165, 1.54) is 38.5 Å². The van der Waals surface area contributed by atoms with Crippen LogP contribution in [0.25, 0.3) is 0 Å². The minimum absolute atomic E-state index is 0.0368. The first-order valence-electron chi connectivity index (χ1n) is 12.3. The minimum Gasteiger partial charge on any atom is -0.446 e. The van der Waals surface area contributed by atoms with Crippen molar-refractivity contribution in [3.63, 3.8) is 0 Å². The van der Waals surface area contributed by atoms with Crippen LogP contribution in [-0.2, 0) is 14.8 Å². The van der Waals surface area contributed by atoms with Gasteiger partial charge in [-0.2, -0.15) is 0 Å². The average Bonchev–Trinajstić information content (AvgIpc) is 3.13. The van der Waals surface area contributed by atoms with Gasteiger partial charge in [-0.25, -0.2) is 0 Å². The van der Waals surface area contributed by atoms with E-state index in [-0.39, 0.29) is 23.1 Å². The Kier molecular flexibility index (Phi) is 8.95. The van der Waals surface area contributed by atoms with Crippen LogP contribution < -0.4 is 10.5 Å². The molecule has 2 N–H and O–H groups in total. The molecule has 1 aromatic rings. The first kappa shape index (κ1) is 26.8. The van der Waals surface area contributed by atoms with E-state index in [2.05, 4.69) is 51.0 Å². The fourth-order valence-electron chi connectivity index (χ4n) is 4.25. The number of carbonyl (C=O) groups excluding carboxylic acids is 1. The number of ether oxygens (including phenoxy) is 1. The van der Waals surface area contributed by atoms with Gasteiger partial charge in [-0.3, -0.25) is 4.79 Å². The number of hydrogen-bond acceptors (Lipinski definition) is 6. The Hall–Kier alpha value is -1.41. The third kappa shape index (κ3) is 6.79. The van der Waals surface area contributed by atoms with Crippen LogP contribution in [0, 0.1) is 11.8 Å². The maximum Gasteiger partial charge on any atom is 0.415 e. The third-order valence-electron chi connectivity index (χ3n) is 7.17. The largest absolute Gasteiger partial charge is 0.446 e. The van der Waals surface area contributed by atoms with Crippen molar-refractivity contribution in [2.45, 2.75) is 123 Å². The highest BCUT2D eigenvalue weighted by atomic mass is 28.4. The second-order valence-corrected chi connectivity index (χ2v) is 16.2. The highest BCUT2D eigenvalue weighted by Gasteiger charge is 2.52. The molecule has 0 aliphatic heterocycles. The molecule has 0 spiro atoms. The number of carbonyl (C=O) groups is 1. The Morgan fingerprint density at radius 1 is 1.16 bits per heavy atom. The Morgan fingerprint density at radius 2 is 1.78 bits per heavy atom. The molecule has 184 valence electrons. The van der Waals surface area contributed by atoms with Crippen LogP contribution in [0.1, 0.15) is 98.8 Å². The van der Waals surface area contributed by atoms with Crippen LogP contribution in [0.3, 0.4) is 0 Å². The van der Waals surface area contributed by atoms with Crippen molar-refractivity contribution < 1.29 is 18.4 Å². The molecule has 1 fully saturated rings. The topological polar surface area (TPSA) is 100 Å². The van der Waals surface area contributed by atoms with Gasteiger partial charge in [0.2, 0.25) is 5.60 Å². The van der Waals surface area contributed by atoms with Crippen molar-refractivity contribution in [1.29, 1.82) is 0 Å². The second kappa shape index (κ2) is 10.7. The molecule has 0 bridgehead atoms. The number of primary amides is 1. The van der Waals surface area contributed by atoms with Gasteiger partial charge in [-0.05, 0) is 63.1 Å². The van der Waals surface area contributed by atoms with Gasteiger partial charge in [0.15, 0.2) is 8.32 Å². The molecule has 1 aliphatic rings. The first-order valence-corrected chi connectivity index (χ1v) is 15.2. The summed E-state index contributed by atoms with van der Waals surface area (Å²) in [6, 6.07) is 0. The highest BCUT2D eigenvalue weighted by molar-refractivity contribution is 6.74. The molecular formula is C24H45N3O4Si. The maximum absolute atomic E-state index is 13.0. The Labute approximate surface area is 195 Å². The minimum atomic E-state index is -2.39. The van der Waals surface area contributed by atoms with E-state index in [0.29, 0.717) is 12.3 Å². The van der Waals surface area contributed by atoms with Crippen LogP contribution in [0.2, 0.25) is 18.1 Å². The van der Waals surface area contributed by atoms with Crippen molar-refractivity contribution in [2.75, 3.05) is 0 Å². The molecular weight excluding hydrogens is 422 g/mol. The van der Waals surface area contributed by atoms with Crippen molar-refractivity contribution >= 4 is 14.2 Å². The number of nitrogens with two attached hydrogens (primary N) is 1. The van der Waals surface area contributed by atoms with Crippen LogP contribution in [0.5, 0.6) is 6.08 Å². The molecule has 0 saturated heterocycles. The molecule has 1 heterocycles. The zero-order chi connectivity index (χ0) is 24.2. The molecule has 1 aromatic heterocycles. The molecule has 1 saturated carbocycles. The lowest BCUT2D eigenvalue weighted by Crippen LogP contribution is -2.54. The van der Waals surface area contributed by atoms with Gasteiger partial charge in [0.1, 0.15) is 0 Å². The van der Waals surface area contributed by atoms with E-state index in [4.69, 9.17) is 19.3 Å². The van der Waals surface area contributed by atoms with Crippen LogP contribution >= 0.6 is 0 Å². The summed E-state index contributed by atoms with van der Waals surface area (Å²) in [6.07, 6.45) is 8.95. The van der Waals surface area contributed by atoms with Gasteiger partial charge < -0.3 is 19.3 Å². The summed E-state index contributed by atoms with van der Waals surface area (Å²) in [6.45, 7) is 16.6. The van der Waals surface area contributed by atoms with E-state index in [1.54, 1.807) is 0 Å². The summed E-state index contributed by atoms with van der Waals surface area (Å²) in [5.41, 5.74) is 4.58. The van der Waals surface area contributed by atoms with Crippen molar-refractivity contribution in [3.05, 3.63) is 5.89 Å². The fourth-order valence-corrected chi connectivity index (χ4v) is 5.72. The third-order valence-corrected chi connectivity index (χ3v) is 11.6. The predicted octanol–water partition coefficient (Wildman–Crippen LogP) is 5.95. The molecule has 32 heavy (non-hydrogen) atoms. The normalized spacial score (nSPS) is 19.0. The van der Waals surface area contributed by atoms with Gasteiger partial charge in [0.05, 0.1) is 6.10 Å². The van der Waals surface area contributed by atoms with Gasteiger partial charge in [0.25, 0.3) is 11.8 Å². The number of nitrogens with zero attached hydrogens (tertiary/aromatic N) is 2. The maximum atomic E-state index is 13.0. The Bertz CT molecular complexity index is 738. The summed E-state index contributed by atoms with van der Waals surface area (Å²) in [5, 5.41) is 8.07. The average molecular weight is 468 g/mol. The molecule has 0 aromatic carbocycles. The van der Waals surface area contributed by atoms with Crippen molar-refractivity contribution in [2.24, 2.45) is 17.6 Å². The van der Waals surface area contributed by atoms with Gasteiger partial charge in [0, 0.05) is 0 Å². The van der Waals surface area contributed by atoms with Crippen LogP contribution in [-0.4, -0.2) is 30.5 Å². The van der Waals surface area contributed by atoms with Crippen molar-refractivity contribution in [3.8, 4) is 6.08 Å².